The van der Waals surface area contributed by atoms with Crippen LogP contribution in [0.4, 0.5) is 0 Å². The van der Waals surface area contributed by atoms with E-state index in [0.29, 0.717) is 35.1 Å². The number of phenolic OH excluding ortho intramolecular Hbond substituents is 1. The predicted molar refractivity (Wildman–Crippen MR) is 118 cm³/mol. The van der Waals surface area contributed by atoms with Crippen molar-refractivity contribution >= 4 is 29.1 Å². The Labute approximate surface area is 186 Å². The number of benzene rings is 2. The first-order valence-electron chi connectivity index (χ1n) is 9.89. The molecule has 0 spiro atoms. The predicted octanol–water partition coefficient (Wildman–Crippen LogP) is 3.43. The molecule has 1 amide bonds. The Balaban J connectivity index is 2.16. The van der Waals surface area contributed by atoms with E-state index in [1.165, 1.54) is 23.1 Å². The summed E-state index contributed by atoms with van der Waals surface area (Å²) in [6, 6.07) is 10.2. The summed E-state index contributed by atoms with van der Waals surface area (Å²) in [5.41, 5.74) is 0.793. The van der Waals surface area contributed by atoms with Crippen LogP contribution in [0.25, 0.3) is 5.76 Å². The van der Waals surface area contributed by atoms with Crippen molar-refractivity contribution < 1.29 is 24.5 Å². The van der Waals surface area contributed by atoms with Crippen LogP contribution in [-0.4, -0.2) is 65.5 Å². The molecule has 8 heteroatoms. The molecule has 1 heterocycles. The molecule has 0 aromatic heterocycles. The number of phenols is 1. The average molecular weight is 445 g/mol. The maximum absolute atomic E-state index is 13.0. The molecule has 7 nitrogen and oxygen atoms in total. The zero-order chi connectivity index (χ0) is 22.7. The van der Waals surface area contributed by atoms with Crippen molar-refractivity contribution in [2.24, 2.45) is 0 Å². The minimum absolute atomic E-state index is 0.000761. The number of rotatable bonds is 7. The molecule has 1 fully saturated rings. The quantitative estimate of drug-likeness (QED) is 0.386. The maximum atomic E-state index is 13.0. The minimum Gasteiger partial charge on any atom is -0.508 e. The van der Waals surface area contributed by atoms with E-state index in [2.05, 4.69) is 0 Å². The van der Waals surface area contributed by atoms with E-state index in [0.717, 1.165) is 0 Å². The topological polar surface area (TPSA) is 90.3 Å². The second-order valence-corrected chi connectivity index (χ2v) is 7.88. The van der Waals surface area contributed by atoms with E-state index in [1.807, 2.05) is 19.0 Å². The Morgan fingerprint density at radius 3 is 2.58 bits per heavy atom. The first-order valence-corrected chi connectivity index (χ1v) is 10.3. The van der Waals surface area contributed by atoms with Crippen molar-refractivity contribution in [1.82, 2.24) is 9.80 Å². The molecule has 0 aliphatic carbocycles. The Bertz CT molecular complexity index is 1030. The number of aliphatic hydroxyl groups is 1. The lowest BCUT2D eigenvalue weighted by Gasteiger charge is -2.26. The van der Waals surface area contributed by atoms with Crippen molar-refractivity contribution in [2.45, 2.75) is 13.0 Å². The van der Waals surface area contributed by atoms with Gasteiger partial charge in [-0.1, -0.05) is 23.7 Å². The number of halogens is 1. The smallest absolute Gasteiger partial charge is 0.295 e. The van der Waals surface area contributed by atoms with Gasteiger partial charge in [0.2, 0.25) is 0 Å². The van der Waals surface area contributed by atoms with Crippen LogP contribution < -0.4 is 4.74 Å². The molecule has 2 aromatic carbocycles. The van der Waals surface area contributed by atoms with Gasteiger partial charge in [0.15, 0.2) is 0 Å². The molecule has 2 aromatic rings. The largest absolute Gasteiger partial charge is 0.508 e. The van der Waals surface area contributed by atoms with Crippen molar-refractivity contribution in [3.05, 3.63) is 64.2 Å². The number of aliphatic hydroxyl groups excluding tert-OH is 1. The van der Waals surface area contributed by atoms with Gasteiger partial charge in [-0.3, -0.25) is 9.59 Å². The van der Waals surface area contributed by atoms with E-state index >= 15 is 0 Å². The highest BCUT2D eigenvalue weighted by atomic mass is 35.5. The first kappa shape index (κ1) is 22.7. The number of likely N-dealkylation sites (tertiary alicyclic amines) is 1. The monoisotopic (exact) mass is 444 g/mol. The van der Waals surface area contributed by atoms with Gasteiger partial charge < -0.3 is 24.7 Å². The number of carbonyl (C=O) groups is 2. The fourth-order valence-corrected chi connectivity index (χ4v) is 3.70. The molecule has 3 rings (SSSR count). The van der Waals surface area contributed by atoms with E-state index in [-0.39, 0.29) is 23.6 Å². The highest BCUT2D eigenvalue weighted by Gasteiger charge is 2.46. The molecule has 0 bridgehead atoms. The summed E-state index contributed by atoms with van der Waals surface area (Å²) < 4.78 is 5.48. The summed E-state index contributed by atoms with van der Waals surface area (Å²) in [5.74, 6) is -1.44. The number of hydrogen-bond acceptors (Lipinski definition) is 6. The third-order valence-electron chi connectivity index (χ3n) is 5.02. The number of ketones is 1. The summed E-state index contributed by atoms with van der Waals surface area (Å²) in [4.78, 5) is 29.2. The number of hydrogen-bond donors (Lipinski definition) is 2. The van der Waals surface area contributed by atoms with Gasteiger partial charge in [-0.05, 0) is 56.9 Å². The third kappa shape index (κ3) is 4.68. The van der Waals surface area contributed by atoms with E-state index < -0.39 is 17.7 Å². The number of aromatic hydroxyl groups is 1. The molecule has 2 N–H and O–H groups in total. The van der Waals surface area contributed by atoms with Crippen LogP contribution in [0.5, 0.6) is 11.5 Å². The fraction of sp³-hybridized carbons (Fsp3) is 0.304. The van der Waals surface area contributed by atoms with Crippen molar-refractivity contribution in [3.63, 3.8) is 0 Å². The standard InChI is InChI=1S/C23H25ClN2O5/c1-4-31-18-13-15(8-9-17(18)24)21(28)19-20(14-6-5-7-16(27)12-14)26(11-10-25(2)3)23(30)22(19)29/h5-9,12-13,20,27-28H,4,10-11H2,1-3H3/b21-19-. The van der Waals surface area contributed by atoms with Crippen LogP contribution >= 0.6 is 11.6 Å². The van der Waals surface area contributed by atoms with E-state index in [1.54, 1.807) is 31.2 Å². The van der Waals surface area contributed by atoms with Gasteiger partial charge in [-0.15, -0.1) is 0 Å². The zero-order valence-corrected chi connectivity index (χ0v) is 18.4. The highest BCUT2D eigenvalue weighted by Crippen LogP contribution is 2.40. The number of Topliss-reactive ketones (excluding diaryl/α,β-unsaturated/α-hetero) is 1. The number of nitrogens with zero attached hydrogens (tertiary/aromatic N) is 2. The number of carbonyl (C=O) groups excluding carboxylic acids is 2. The van der Waals surface area contributed by atoms with Crippen molar-refractivity contribution in [2.75, 3.05) is 33.8 Å². The molecule has 1 atom stereocenters. The lowest BCUT2D eigenvalue weighted by Crippen LogP contribution is -2.35. The third-order valence-corrected chi connectivity index (χ3v) is 5.33. The van der Waals surface area contributed by atoms with Crippen LogP contribution in [0.2, 0.25) is 5.02 Å². The van der Waals surface area contributed by atoms with Gasteiger partial charge in [0.25, 0.3) is 11.7 Å². The molecule has 1 aliphatic heterocycles. The van der Waals surface area contributed by atoms with Gasteiger partial charge in [0, 0.05) is 18.7 Å². The SMILES string of the molecule is CCOc1cc(/C(O)=C2/C(=O)C(=O)N(CCN(C)C)C2c2cccc(O)c2)ccc1Cl. The van der Waals surface area contributed by atoms with E-state index in [9.17, 15) is 19.8 Å². The van der Waals surface area contributed by atoms with Crippen LogP contribution in [0, 0.1) is 0 Å². The summed E-state index contributed by atoms with van der Waals surface area (Å²) in [6.45, 7) is 2.99. The fourth-order valence-electron chi connectivity index (χ4n) is 3.53. The van der Waals surface area contributed by atoms with Crippen molar-refractivity contribution in [3.8, 4) is 11.5 Å². The highest BCUT2D eigenvalue weighted by molar-refractivity contribution is 6.46. The normalized spacial score (nSPS) is 18.1. The van der Waals surface area contributed by atoms with E-state index in [4.69, 9.17) is 16.3 Å². The first-order chi connectivity index (χ1) is 14.7. The van der Waals surface area contributed by atoms with Crippen LogP contribution in [0.3, 0.4) is 0 Å². The summed E-state index contributed by atoms with van der Waals surface area (Å²) >= 11 is 6.14. The Morgan fingerprint density at radius 2 is 1.94 bits per heavy atom. The second kappa shape index (κ2) is 9.41. The summed E-state index contributed by atoms with van der Waals surface area (Å²) in [6.07, 6.45) is 0. The summed E-state index contributed by atoms with van der Waals surface area (Å²) in [5, 5.41) is 21.4. The van der Waals surface area contributed by atoms with Gasteiger partial charge in [-0.25, -0.2) is 0 Å². The molecule has 31 heavy (non-hydrogen) atoms. The molecule has 164 valence electrons. The van der Waals surface area contributed by atoms with Crippen LogP contribution in [0.15, 0.2) is 48.0 Å². The molecule has 0 radical (unpaired) electrons. The van der Waals surface area contributed by atoms with Gasteiger partial charge in [0.05, 0.1) is 23.2 Å². The lowest BCUT2D eigenvalue weighted by molar-refractivity contribution is -0.140. The number of ether oxygens (including phenoxy) is 1. The summed E-state index contributed by atoms with van der Waals surface area (Å²) in [7, 11) is 3.73. The molecular formula is C23H25ClN2O5. The Hall–Kier alpha value is -3.03. The molecular weight excluding hydrogens is 420 g/mol. The van der Waals surface area contributed by atoms with Gasteiger partial charge in [-0.2, -0.15) is 0 Å². The van der Waals surface area contributed by atoms with Gasteiger partial charge >= 0.3 is 0 Å². The average Bonchev–Trinajstić information content (AvgIpc) is 2.98. The van der Waals surface area contributed by atoms with Gasteiger partial charge in [0.1, 0.15) is 17.3 Å². The maximum Gasteiger partial charge on any atom is 0.295 e. The Kier molecular flexibility index (Phi) is 6.87. The molecule has 1 aliphatic rings. The Morgan fingerprint density at radius 1 is 1.19 bits per heavy atom. The number of likely N-dealkylation sites (N-methyl/N-ethyl adjacent to an activating group) is 1. The van der Waals surface area contributed by atoms with Crippen LogP contribution in [-0.2, 0) is 9.59 Å². The molecule has 1 saturated heterocycles. The lowest BCUT2D eigenvalue weighted by atomic mass is 9.95. The van der Waals surface area contributed by atoms with Crippen molar-refractivity contribution in [1.29, 1.82) is 0 Å². The molecule has 0 saturated carbocycles. The molecule has 1 unspecified atom stereocenters. The zero-order valence-electron chi connectivity index (χ0n) is 17.6. The number of amides is 1. The van der Waals surface area contributed by atoms with Crippen LogP contribution in [0.1, 0.15) is 24.1 Å². The second-order valence-electron chi connectivity index (χ2n) is 7.47. The minimum atomic E-state index is -0.835.